The molecule has 0 spiro atoms. The van der Waals surface area contributed by atoms with Gasteiger partial charge in [0, 0.05) is 0 Å². The molecule has 0 bridgehead atoms. The van der Waals surface area contributed by atoms with Gasteiger partial charge in [-0.2, -0.15) is 0 Å². The van der Waals surface area contributed by atoms with E-state index in [2.05, 4.69) is 5.32 Å². The maximum Gasteiger partial charge on any atom is 0.337 e. The lowest BCUT2D eigenvalue weighted by Gasteiger charge is -2.05. The van der Waals surface area contributed by atoms with Gasteiger partial charge in [-0.25, -0.2) is 9.18 Å². The van der Waals surface area contributed by atoms with Crippen molar-refractivity contribution >= 4 is 17.6 Å². The number of rotatable bonds is 2. The van der Waals surface area contributed by atoms with E-state index in [-0.39, 0.29) is 11.3 Å². The average Bonchev–Trinajstić information content (AvgIpc) is 2.17. The van der Waals surface area contributed by atoms with Crippen molar-refractivity contribution in [3.63, 3.8) is 0 Å². The first-order valence-electron chi connectivity index (χ1n) is 3.85. The molecule has 2 N–H and O–H groups in total. The van der Waals surface area contributed by atoms with Gasteiger partial charge in [-0.05, 0) is 24.1 Å². The lowest BCUT2D eigenvalue weighted by Crippen LogP contribution is -2.12. The summed E-state index contributed by atoms with van der Waals surface area (Å²) in [6.07, 6.45) is 4.78. The summed E-state index contributed by atoms with van der Waals surface area (Å²) in [5.41, 5.74) is -0.384. The van der Waals surface area contributed by atoms with Gasteiger partial charge in [0.05, 0.1) is 11.3 Å². The van der Waals surface area contributed by atoms with Crippen molar-refractivity contribution in [3.8, 4) is 12.3 Å². The Morgan fingerprint density at radius 3 is 2.67 bits per heavy atom. The lowest BCUT2D eigenvalue weighted by molar-refractivity contribution is -0.111. The predicted molar refractivity (Wildman–Crippen MR) is 50.8 cm³/mol. The Balaban J connectivity index is 3.14. The molecule has 0 aliphatic rings. The van der Waals surface area contributed by atoms with Crippen LogP contribution in [-0.4, -0.2) is 17.0 Å². The minimum absolute atomic E-state index is 0.162. The first-order valence-corrected chi connectivity index (χ1v) is 3.85. The first-order chi connectivity index (χ1) is 7.04. The molecule has 0 unspecified atom stereocenters. The number of anilines is 1. The molecule has 0 saturated carbocycles. The molecule has 0 fully saturated rings. The van der Waals surface area contributed by atoms with Crippen LogP contribution in [0.4, 0.5) is 10.1 Å². The number of benzene rings is 1. The van der Waals surface area contributed by atoms with Crippen LogP contribution in [0.1, 0.15) is 10.4 Å². The summed E-state index contributed by atoms with van der Waals surface area (Å²) in [5.74, 6) is -1.03. The number of nitrogens with one attached hydrogen (secondary N) is 1. The molecule has 0 atom stereocenters. The van der Waals surface area contributed by atoms with Crippen LogP contribution in [-0.2, 0) is 4.79 Å². The normalized spacial score (nSPS) is 9.07. The van der Waals surface area contributed by atoms with Gasteiger partial charge in [0.15, 0.2) is 0 Å². The lowest BCUT2D eigenvalue weighted by atomic mass is 10.1. The summed E-state index contributed by atoms with van der Waals surface area (Å²) in [5, 5.41) is 10.8. The van der Waals surface area contributed by atoms with Gasteiger partial charge >= 0.3 is 5.97 Å². The van der Waals surface area contributed by atoms with E-state index in [1.807, 2.05) is 0 Å². The standard InChI is InChI=1S/C10H6FNO3/c1-2-9(13)12-8-5-6(11)3-4-7(8)10(14)15/h1,3-5H,(H,12,13)(H,14,15). The van der Waals surface area contributed by atoms with Crippen molar-refractivity contribution in [1.29, 1.82) is 0 Å². The Morgan fingerprint density at radius 2 is 2.13 bits per heavy atom. The third kappa shape index (κ3) is 2.54. The Hall–Kier alpha value is -2.35. The molecule has 0 aliphatic carbocycles. The van der Waals surface area contributed by atoms with Gasteiger partial charge in [-0.1, -0.05) is 0 Å². The maximum absolute atomic E-state index is 12.8. The summed E-state index contributed by atoms with van der Waals surface area (Å²) in [7, 11) is 0. The van der Waals surface area contributed by atoms with E-state index in [0.29, 0.717) is 0 Å². The second kappa shape index (κ2) is 4.24. The highest BCUT2D eigenvalue weighted by molar-refractivity contribution is 6.07. The van der Waals surface area contributed by atoms with Gasteiger partial charge in [0.2, 0.25) is 0 Å². The Bertz CT molecular complexity index is 462. The van der Waals surface area contributed by atoms with Crippen molar-refractivity contribution < 1.29 is 19.1 Å². The molecule has 76 valence electrons. The molecule has 0 saturated heterocycles. The van der Waals surface area contributed by atoms with E-state index >= 15 is 0 Å². The van der Waals surface area contributed by atoms with Crippen molar-refractivity contribution in [2.75, 3.05) is 5.32 Å². The largest absolute Gasteiger partial charge is 0.478 e. The van der Waals surface area contributed by atoms with Crippen LogP contribution in [0.15, 0.2) is 18.2 Å². The van der Waals surface area contributed by atoms with Crippen molar-refractivity contribution in [2.24, 2.45) is 0 Å². The van der Waals surface area contributed by atoms with Gasteiger partial charge in [-0.15, -0.1) is 6.42 Å². The van der Waals surface area contributed by atoms with Crippen LogP contribution in [0.3, 0.4) is 0 Å². The molecule has 1 aromatic rings. The fourth-order valence-electron chi connectivity index (χ4n) is 0.965. The minimum Gasteiger partial charge on any atom is -0.478 e. The number of carboxylic acid groups (broad SMARTS) is 1. The third-order valence-corrected chi connectivity index (χ3v) is 1.59. The number of carbonyl (C=O) groups excluding carboxylic acids is 1. The van der Waals surface area contributed by atoms with Crippen LogP contribution in [0.5, 0.6) is 0 Å². The summed E-state index contributed by atoms with van der Waals surface area (Å²) in [6.45, 7) is 0. The highest BCUT2D eigenvalue weighted by atomic mass is 19.1. The third-order valence-electron chi connectivity index (χ3n) is 1.59. The van der Waals surface area contributed by atoms with E-state index < -0.39 is 17.7 Å². The van der Waals surface area contributed by atoms with Crippen molar-refractivity contribution in [2.45, 2.75) is 0 Å². The number of amides is 1. The molecule has 1 aromatic carbocycles. The second-order valence-electron chi connectivity index (χ2n) is 2.59. The molecule has 0 radical (unpaired) electrons. The van der Waals surface area contributed by atoms with Crippen molar-refractivity contribution in [3.05, 3.63) is 29.6 Å². The molecule has 0 heterocycles. The predicted octanol–water partition coefficient (Wildman–Crippen LogP) is 1.10. The zero-order chi connectivity index (χ0) is 11.4. The van der Waals surface area contributed by atoms with Gasteiger partial charge in [0.1, 0.15) is 5.82 Å². The highest BCUT2D eigenvalue weighted by Gasteiger charge is 2.12. The van der Waals surface area contributed by atoms with Gasteiger partial charge in [-0.3, -0.25) is 4.79 Å². The highest BCUT2D eigenvalue weighted by Crippen LogP contribution is 2.16. The second-order valence-corrected chi connectivity index (χ2v) is 2.59. The SMILES string of the molecule is C#CC(=O)Nc1cc(F)ccc1C(=O)O. The summed E-state index contributed by atoms with van der Waals surface area (Å²) >= 11 is 0. The van der Waals surface area contributed by atoms with Crippen LogP contribution >= 0.6 is 0 Å². The summed E-state index contributed by atoms with van der Waals surface area (Å²) < 4.78 is 12.8. The number of hydrogen-bond acceptors (Lipinski definition) is 2. The first kappa shape index (κ1) is 10.7. The Morgan fingerprint density at radius 1 is 1.47 bits per heavy atom. The van der Waals surface area contributed by atoms with Gasteiger partial charge in [0.25, 0.3) is 5.91 Å². The number of carboxylic acids is 1. The number of hydrogen-bond donors (Lipinski definition) is 2. The quantitative estimate of drug-likeness (QED) is 0.713. The van der Waals surface area contributed by atoms with Crippen LogP contribution in [0.25, 0.3) is 0 Å². The average molecular weight is 207 g/mol. The van der Waals surface area contributed by atoms with E-state index in [4.69, 9.17) is 11.5 Å². The maximum atomic E-state index is 12.8. The molecule has 4 nitrogen and oxygen atoms in total. The number of aromatic carboxylic acids is 1. The molecule has 15 heavy (non-hydrogen) atoms. The monoisotopic (exact) mass is 207 g/mol. The fraction of sp³-hybridized carbons (Fsp3) is 0. The smallest absolute Gasteiger partial charge is 0.337 e. The molecular formula is C10H6FNO3. The van der Waals surface area contributed by atoms with Crippen LogP contribution in [0, 0.1) is 18.2 Å². The van der Waals surface area contributed by atoms with E-state index in [0.717, 1.165) is 18.2 Å². The Kier molecular flexibility index (Phi) is 3.03. The van der Waals surface area contributed by atoms with Crippen LogP contribution in [0.2, 0.25) is 0 Å². The summed E-state index contributed by atoms with van der Waals surface area (Å²) in [6, 6.07) is 2.91. The molecule has 5 heteroatoms. The number of carbonyl (C=O) groups is 2. The molecule has 1 rings (SSSR count). The number of halogens is 1. The molecule has 0 aromatic heterocycles. The topological polar surface area (TPSA) is 66.4 Å². The molecule has 0 aliphatic heterocycles. The minimum atomic E-state index is -1.28. The summed E-state index contributed by atoms with van der Waals surface area (Å²) in [4.78, 5) is 21.5. The van der Waals surface area contributed by atoms with Crippen molar-refractivity contribution in [1.82, 2.24) is 0 Å². The van der Waals surface area contributed by atoms with Crippen LogP contribution < -0.4 is 5.32 Å². The molecular weight excluding hydrogens is 201 g/mol. The van der Waals surface area contributed by atoms with E-state index in [1.165, 1.54) is 0 Å². The van der Waals surface area contributed by atoms with E-state index in [9.17, 15) is 14.0 Å². The number of terminal acetylenes is 1. The zero-order valence-electron chi connectivity index (χ0n) is 7.45. The molecule has 1 amide bonds. The van der Waals surface area contributed by atoms with Gasteiger partial charge < -0.3 is 10.4 Å². The fourth-order valence-corrected chi connectivity index (χ4v) is 0.965. The zero-order valence-corrected chi connectivity index (χ0v) is 7.45. The Labute approximate surface area is 84.7 Å². The van der Waals surface area contributed by atoms with E-state index in [1.54, 1.807) is 5.92 Å².